The molecule has 0 aliphatic heterocycles. The Morgan fingerprint density at radius 1 is 1.37 bits per heavy atom. The molecule has 1 aromatic carbocycles. The lowest BCUT2D eigenvalue weighted by atomic mass is 9.96. The Morgan fingerprint density at radius 2 is 2.00 bits per heavy atom. The van der Waals surface area contributed by atoms with Gasteiger partial charge in [-0.25, -0.2) is 0 Å². The molecule has 0 bridgehead atoms. The van der Waals surface area contributed by atoms with Gasteiger partial charge in [-0.1, -0.05) is 6.07 Å². The summed E-state index contributed by atoms with van der Waals surface area (Å²) in [6.45, 7) is 7.72. The molecule has 106 valence electrons. The number of benzene rings is 1. The molecule has 2 N–H and O–H groups in total. The maximum atomic E-state index is 12.4. The summed E-state index contributed by atoms with van der Waals surface area (Å²) in [5, 5.41) is 12.1. The minimum Gasteiger partial charge on any atom is -0.496 e. The van der Waals surface area contributed by atoms with Gasteiger partial charge in [0.05, 0.1) is 12.7 Å². The van der Waals surface area contributed by atoms with E-state index in [2.05, 4.69) is 5.32 Å². The number of ether oxygens (including phenoxy) is 1. The van der Waals surface area contributed by atoms with Gasteiger partial charge in [0.1, 0.15) is 5.75 Å². The first kappa shape index (κ1) is 15.5. The number of carbonyl (C=O) groups is 1. The molecule has 0 radical (unpaired) electrons. The summed E-state index contributed by atoms with van der Waals surface area (Å²) in [7, 11) is 1.54. The first-order chi connectivity index (χ1) is 8.80. The maximum absolute atomic E-state index is 12.4. The van der Waals surface area contributed by atoms with E-state index >= 15 is 0 Å². The molecule has 1 rings (SSSR count). The number of aliphatic hydroxyl groups is 1. The first-order valence-corrected chi connectivity index (χ1v) is 6.40. The van der Waals surface area contributed by atoms with Crippen LogP contribution in [0.2, 0.25) is 0 Å². The van der Waals surface area contributed by atoms with Crippen molar-refractivity contribution in [3.05, 3.63) is 28.8 Å². The molecule has 0 aromatic heterocycles. The third-order valence-electron chi connectivity index (χ3n) is 2.81. The van der Waals surface area contributed by atoms with Gasteiger partial charge in [0, 0.05) is 12.1 Å². The zero-order chi connectivity index (χ0) is 14.6. The summed E-state index contributed by atoms with van der Waals surface area (Å²) in [5.41, 5.74) is 2.02. The van der Waals surface area contributed by atoms with Crippen molar-refractivity contribution in [2.45, 2.75) is 39.7 Å². The summed E-state index contributed by atoms with van der Waals surface area (Å²) >= 11 is 0. The number of aryl methyl sites for hydroxylation is 1. The number of hydrogen-bond donors (Lipinski definition) is 2. The van der Waals surface area contributed by atoms with Crippen LogP contribution in [0.5, 0.6) is 5.75 Å². The molecule has 19 heavy (non-hydrogen) atoms. The molecule has 0 unspecified atom stereocenters. The summed E-state index contributed by atoms with van der Waals surface area (Å²) in [5.74, 6) is 0.368. The molecule has 4 heteroatoms. The zero-order valence-corrected chi connectivity index (χ0v) is 12.3. The molecule has 0 saturated heterocycles. The highest BCUT2D eigenvalue weighted by Crippen LogP contribution is 2.26. The van der Waals surface area contributed by atoms with Crippen molar-refractivity contribution >= 4 is 5.91 Å². The van der Waals surface area contributed by atoms with Crippen molar-refractivity contribution < 1.29 is 14.6 Å². The lowest BCUT2D eigenvalue weighted by Gasteiger charge is -2.23. The van der Waals surface area contributed by atoms with Gasteiger partial charge in [-0.15, -0.1) is 0 Å². The normalized spacial score (nSPS) is 11.3. The van der Waals surface area contributed by atoms with Gasteiger partial charge in [0.15, 0.2) is 0 Å². The van der Waals surface area contributed by atoms with Crippen LogP contribution in [0.1, 0.15) is 42.3 Å². The van der Waals surface area contributed by atoms with Crippen LogP contribution in [0.3, 0.4) is 0 Å². The van der Waals surface area contributed by atoms with Gasteiger partial charge < -0.3 is 15.2 Å². The van der Waals surface area contributed by atoms with E-state index < -0.39 is 0 Å². The summed E-state index contributed by atoms with van der Waals surface area (Å²) in [4.78, 5) is 12.4. The number of nitrogens with one attached hydrogen (secondary N) is 1. The molecule has 0 aliphatic rings. The van der Waals surface area contributed by atoms with Crippen LogP contribution in [0.4, 0.5) is 0 Å². The van der Waals surface area contributed by atoms with Gasteiger partial charge in [-0.2, -0.15) is 0 Å². The third-order valence-corrected chi connectivity index (χ3v) is 2.81. The summed E-state index contributed by atoms with van der Waals surface area (Å²) in [6, 6.07) is 3.69. The summed E-state index contributed by atoms with van der Waals surface area (Å²) in [6.07, 6.45) is 0.440. The highest BCUT2D eigenvalue weighted by molar-refractivity contribution is 5.99. The fourth-order valence-corrected chi connectivity index (χ4v) is 1.99. The van der Waals surface area contributed by atoms with Crippen molar-refractivity contribution in [3.63, 3.8) is 0 Å². The predicted octanol–water partition coefficient (Wildman–Crippen LogP) is 2.07. The molecule has 0 heterocycles. The summed E-state index contributed by atoms with van der Waals surface area (Å²) < 4.78 is 5.28. The quantitative estimate of drug-likeness (QED) is 0.876. The van der Waals surface area contributed by atoms with Crippen LogP contribution in [-0.2, 0) is 6.42 Å². The van der Waals surface area contributed by atoms with Crippen molar-refractivity contribution in [2.24, 2.45) is 0 Å². The van der Waals surface area contributed by atoms with Crippen LogP contribution in [-0.4, -0.2) is 30.3 Å². The number of carbonyl (C=O) groups excluding carboxylic acids is 1. The minimum atomic E-state index is -0.317. The van der Waals surface area contributed by atoms with Crippen LogP contribution < -0.4 is 10.1 Å². The monoisotopic (exact) mass is 265 g/mol. The minimum absolute atomic E-state index is 0.00378. The molecule has 0 aliphatic carbocycles. The highest BCUT2D eigenvalue weighted by Gasteiger charge is 2.22. The molecule has 0 fully saturated rings. The molecular formula is C15H23NO3. The van der Waals surface area contributed by atoms with Crippen molar-refractivity contribution in [1.29, 1.82) is 0 Å². The van der Waals surface area contributed by atoms with Crippen molar-refractivity contribution in [3.8, 4) is 5.75 Å². The number of aliphatic hydroxyl groups excluding tert-OH is 1. The molecule has 1 amide bonds. The van der Waals surface area contributed by atoms with Gasteiger partial charge in [-0.05, 0) is 51.3 Å². The Morgan fingerprint density at radius 3 is 2.47 bits per heavy atom. The van der Waals surface area contributed by atoms with E-state index in [0.29, 0.717) is 17.7 Å². The van der Waals surface area contributed by atoms with E-state index in [1.54, 1.807) is 13.2 Å². The van der Waals surface area contributed by atoms with E-state index in [4.69, 9.17) is 4.74 Å². The van der Waals surface area contributed by atoms with Crippen molar-refractivity contribution in [2.75, 3.05) is 13.7 Å². The van der Waals surface area contributed by atoms with Gasteiger partial charge >= 0.3 is 0 Å². The number of amides is 1. The molecular weight excluding hydrogens is 242 g/mol. The van der Waals surface area contributed by atoms with Crippen LogP contribution in [0.15, 0.2) is 12.1 Å². The smallest absolute Gasteiger partial charge is 0.255 e. The molecule has 0 saturated carbocycles. The standard InChI is InChI=1S/C15H23NO3/c1-10-6-7-12(19-5)13(11(10)8-9-17)14(18)16-15(2,3)4/h6-7,17H,8-9H2,1-5H3,(H,16,18). The van der Waals surface area contributed by atoms with E-state index in [9.17, 15) is 9.90 Å². The van der Waals surface area contributed by atoms with Gasteiger partial charge in [0.25, 0.3) is 5.91 Å². The Hall–Kier alpha value is -1.55. The SMILES string of the molecule is COc1ccc(C)c(CCO)c1C(=O)NC(C)(C)C. The average Bonchev–Trinajstić information content (AvgIpc) is 2.29. The second kappa shape index (κ2) is 6.06. The second-order valence-corrected chi connectivity index (χ2v) is 5.62. The van der Waals surface area contributed by atoms with E-state index in [0.717, 1.165) is 11.1 Å². The second-order valence-electron chi connectivity index (χ2n) is 5.62. The van der Waals surface area contributed by atoms with Crippen LogP contribution >= 0.6 is 0 Å². The Balaban J connectivity index is 3.29. The number of rotatable bonds is 4. The average molecular weight is 265 g/mol. The van der Waals surface area contributed by atoms with E-state index in [1.807, 2.05) is 33.8 Å². The fourth-order valence-electron chi connectivity index (χ4n) is 1.99. The molecule has 0 spiro atoms. The third kappa shape index (κ3) is 3.96. The van der Waals surface area contributed by atoms with Crippen LogP contribution in [0, 0.1) is 6.92 Å². The maximum Gasteiger partial charge on any atom is 0.255 e. The van der Waals surface area contributed by atoms with Crippen molar-refractivity contribution in [1.82, 2.24) is 5.32 Å². The lowest BCUT2D eigenvalue weighted by Crippen LogP contribution is -2.41. The van der Waals surface area contributed by atoms with Gasteiger partial charge in [-0.3, -0.25) is 4.79 Å². The number of hydrogen-bond acceptors (Lipinski definition) is 3. The molecule has 0 atom stereocenters. The Kier molecular flexibility index (Phi) is 4.95. The first-order valence-electron chi connectivity index (χ1n) is 6.40. The zero-order valence-electron chi connectivity index (χ0n) is 12.3. The highest BCUT2D eigenvalue weighted by atomic mass is 16.5. The fraction of sp³-hybridized carbons (Fsp3) is 0.533. The molecule has 1 aromatic rings. The predicted molar refractivity (Wildman–Crippen MR) is 75.7 cm³/mol. The van der Waals surface area contributed by atoms with E-state index in [-0.39, 0.29) is 18.1 Å². The number of methoxy groups -OCH3 is 1. The van der Waals surface area contributed by atoms with Gasteiger partial charge in [0.2, 0.25) is 0 Å². The largest absolute Gasteiger partial charge is 0.496 e. The topological polar surface area (TPSA) is 58.6 Å². The Bertz CT molecular complexity index is 461. The Labute approximate surface area is 114 Å². The van der Waals surface area contributed by atoms with Crippen LogP contribution in [0.25, 0.3) is 0 Å². The lowest BCUT2D eigenvalue weighted by molar-refractivity contribution is 0.0915. The van der Waals surface area contributed by atoms with E-state index in [1.165, 1.54) is 0 Å². The molecule has 4 nitrogen and oxygen atoms in total.